The molecule has 0 aliphatic heterocycles. The van der Waals surface area contributed by atoms with Crippen LogP contribution in [0.4, 0.5) is 0 Å². The van der Waals surface area contributed by atoms with Crippen molar-refractivity contribution in [3.05, 3.63) is 0 Å². The molecule has 0 aromatic carbocycles. The van der Waals surface area contributed by atoms with Gasteiger partial charge in [-0.25, -0.2) is 0 Å². The normalized spacial score (nSPS) is 12.7. The average Bonchev–Trinajstić information content (AvgIpc) is 2.46. The predicted molar refractivity (Wildman–Crippen MR) is 94.5 cm³/mol. The van der Waals surface area contributed by atoms with Gasteiger partial charge < -0.3 is 18.9 Å². The van der Waals surface area contributed by atoms with Gasteiger partial charge in [0.25, 0.3) is 0 Å². The first-order chi connectivity index (χ1) is 10.5. The van der Waals surface area contributed by atoms with Gasteiger partial charge in [0, 0.05) is 16.1 Å². The Morgan fingerprint density at radius 1 is 0.565 bits per heavy atom. The minimum atomic E-state index is -2.43. The zero-order valence-electron chi connectivity index (χ0n) is 14.8. The quantitative estimate of drug-likeness (QED) is 0.241. The van der Waals surface area contributed by atoms with E-state index in [2.05, 4.69) is 13.8 Å². The summed E-state index contributed by atoms with van der Waals surface area (Å²) in [5.41, 5.74) is 0. The van der Waals surface area contributed by atoms with Crippen LogP contribution in [0.1, 0.15) is 90.9 Å². The molecule has 2 unspecified atom stereocenters. The van der Waals surface area contributed by atoms with Crippen molar-refractivity contribution >= 4 is 16.1 Å². The van der Waals surface area contributed by atoms with E-state index in [1.807, 2.05) is 0 Å². The standard InChI is InChI=1S/2C8H19O2P.Ni/c2*1-2-3-4-5-6-7-8-11(9)10;/h2*11H,2-8H2,1H3,(H,9,10);/q;;+2/p-2. The molecule has 0 radical (unpaired) electrons. The summed E-state index contributed by atoms with van der Waals surface area (Å²) in [6.07, 6.45) is 14.7. The van der Waals surface area contributed by atoms with Gasteiger partial charge in [-0.05, 0) is 25.2 Å². The Hall–Kier alpha value is 0.874. The van der Waals surface area contributed by atoms with Gasteiger partial charge in [0.2, 0.25) is 0 Å². The summed E-state index contributed by atoms with van der Waals surface area (Å²) in [6.45, 7) is 4.35. The van der Waals surface area contributed by atoms with Gasteiger partial charge in [0.15, 0.2) is 0 Å². The minimum absolute atomic E-state index is 0. The van der Waals surface area contributed by atoms with Gasteiger partial charge in [-0.3, -0.25) is 0 Å². The molecule has 0 N–H and O–H groups in total. The zero-order chi connectivity index (χ0) is 17.1. The van der Waals surface area contributed by atoms with E-state index in [1.165, 1.54) is 51.4 Å². The maximum atomic E-state index is 10.2. The molecule has 2 atom stereocenters. The van der Waals surface area contributed by atoms with E-state index in [1.54, 1.807) is 0 Å². The first-order valence-corrected chi connectivity index (χ1v) is 12.0. The molecule has 0 aliphatic carbocycles. The molecule has 0 aromatic heterocycles. The van der Waals surface area contributed by atoms with E-state index in [4.69, 9.17) is 0 Å². The fraction of sp³-hybridized carbons (Fsp3) is 1.00. The Morgan fingerprint density at radius 2 is 0.826 bits per heavy atom. The van der Waals surface area contributed by atoms with Crippen LogP contribution in [0.3, 0.4) is 0 Å². The van der Waals surface area contributed by atoms with Crippen molar-refractivity contribution in [3.8, 4) is 0 Å². The third-order valence-corrected chi connectivity index (χ3v) is 4.99. The molecule has 0 rings (SSSR count). The molecule has 0 saturated heterocycles. The average molecular weight is 413 g/mol. The second-order valence-corrected chi connectivity index (χ2v) is 8.27. The van der Waals surface area contributed by atoms with E-state index >= 15 is 0 Å². The molecule has 144 valence electrons. The van der Waals surface area contributed by atoms with Crippen LogP contribution >= 0.6 is 16.1 Å². The molecule has 0 bridgehead atoms. The van der Waals surface area contributed by atoms with Gasteiger partial charge in [-0.1, -0.05) is 78.1 Å². The molecule has 4 nitrogen and oxygen atoms in total. The maximum Gasteiger partial charge on any atom is 2.00 e. The van der Waals surface area contributed by atoms with Crippen LogP contribution in [0.15, 0.2) is 0 Å². The molecule has 0 aromatic rings. The van der Waals surface area contributed by atoms with E-state index < -0.39 is 16.1 Å². The summed E-state index contributed by atoms with van der Waals surface area (Å²) < 4.78 is 20.3. The van der Waals surface area contributed by atoms with Crippen LogP contribution in [0.25, 0.3) is 0 Å². The van der Waals surface area contributed by atoms with Gasteiger partial charge in [-0.15, -0.1) is 0 Å². The Labute approximate surface area is 154 Å². The third-order valence-electron chi connectivity index (χ3n) is 3.47. The molecule has 0 amide bonds. The number of hydrogen-bond acceptors (Lipinski definition) is 4. The van der Waals surface area contributed by atoms with Crippen molar-refractivity contribution in [3.63, 3.8) is 0 Å². The van der Waals surface area contributed by atoms with Crippen LogP contribution in [-0.2, 0) is 25.6 Å². The molecular formula is C16H36NiO4P2. The van der Waals surface area contributed by atoms with Crippen molar-refractivity contribution in [2.45, 2.75) is 90.9 Å². The third kappa shape index (κ3) is 35.0. The van der Waals surface area contributed by atoms with E-state index in [9.17, 15) is 18.9 Å². The Morgan fingerprint density at radius 3 is 1.09 bits per heavy atom. The van der Waals surface area contributed by atoms with Gasteiger partial charge in [-0.2, -0.15) is 0 Å². The molecule has 7 heteroatoms. The van der Waals surface area contributed by atoms with Crippen molar-refractivity contribution in [1.29, 1.82) is 0 Å². The number of hydrogen-bond donors (Lipinski definition) is 0. The molecule has 0 spiro atoms. The fourth-order valence-electron chi connectivity index (χ4n) is 2.10. The van der Waals surface area contributed by atoms with Crippen LogP contribution in [0.5, 0.6) is 0 Å². The molecule has 0 aliphatic rings. The van der Waals surface area contributed by atoms with Crippen LogP contribution in [0, 0.1) is 0 Å². The van der Waals surface area contributed by atoms with Gasteiger partial charge >= 0.3 is 16.5 Å². The summed E-state index contributed by atoms with van der Waals surface area (Å²) in [5.74, 6) is 0. The largest absolute Gasteiger partial charge is 2.00 e. The fourth-order valence-corrected chi connectivity index (χ4v) is 3.18. The molecule has 0 saturated carbocycles. The van der Waals surface area contributed by atoms with Crippen molar-refractivity contribution in [2.24, 2.45) is 0 Å². The SMILES string of the molecule is CCCCCCCC[PH](=O)[O-].CCCCCCCC[PH](=O)[O-].[Ni+2]. The zero-order valence-corrected chi connectivity index (χ0v) is 17.8. The van der Waals surface area contributed by atoms with Crippen molar-refractivity contribution in [2.75, 3.05) is 12.3 Å². The Bertz CT molecular complexity index is 240. The second-order valence-electron chi connectivity index (χ2n) is 5.78. The van der Waals surface area contributed by atoms with Crippen molar-refractivity contribution in [1.82, 2.24) is 0 Å². The van der Waals surface area contributed by atoms with Crippen LogP contribution in [0.2, 0.25) is 0 Å². The van der Waals surface area contributed by atoms with E-state index in [-0.39, 0.29) is 16.5 Å². The summed E-state index contributed by atoms with van der Waals surface area (Å²) in [5, 5.41) is 0. The van der Waals surface area contributed by atoms with Gasteiger partial charge in [0.05, 0.1) is 0 Å². The summed E-state index contributed by atoms with van der Waals surface area (Å²) in [7, 11) is -4.85. The Balaban J connectivity index is -0.000000333. The van der Waals surface area contributed by atoms with E-state index in [0.717, 1.165) is 25.7 Å². The summed E-state index contributed by atoms with van der Waals surface area (Å²) in [6, 6.07) is 0. The van der Waals surface area contributed by atoms with E-state index in [0.29, 0.717) is 12.3 Å². The van der Waals surface area contributed by atoms with Gasteiger partial charge in [0.1, 0.15) is 0 Å². The Kier molecular flexibility index (Phi) is 31.3. The molecule has 0 fully saturated rings. The maximum absolute atomic E-state index is 10.2. The smallest absolute Gasteiger partial charge is 0.802 e. The topological polar surface area (TPSA) is 80.3 Å². The first kappa shape index (κ1) is 28.7. The second kappa shape index (κ2) is 25.1. The summed E-state index contributed by atoms with van der Waals surface area (Å²) in [4.78, 5) is 20.3. The molecule has 0 heterocycles. The van der Waals surface area contributed by atoms with Crippen molar-refractivity contribution < 1.29 is 35.4 Å². The minimum Gasteiger partial charge on any atom is -0.802 e. The van der Waals surface area contributed by atoms with Crippen LogP contribution < -0.4 is 9.79 Å². The number of unbranched alkanes of at least 4 members (excludes halogenated alkanes) is 10. The molecule has 23 heavy (non-hydrogen) atoms. The first-order valence-electron chi connectivity index (χ1n) is 8.94. The monoisotopic (exact) mass is 412 g/mol. The predicted octanol–water partition coefficient (Wildman–Crippen LogP) is 4.36. The summed E-state index contributed by atoms with van der Waals surface area (Å²) >= 11 is 0. The molecular weight excluding hydrogens is 377 g/mol. The number of rotatable bonds is 14. The van der Waals surface area contributed by atoms with Crippen LogP contribution in [-0.4, -0.2) is 12.3 Å².